The van der Waals surface area contributed by atoms with Crippen LogP contribution in [0.3, 0.4) is 0 Å². The minimum atomic E-state index is 1.03. The largest absolute Gasteiger partial charge is 0.315 e. The fourth-order valence-corrected chi connectivity index (χ4v) is 2.93. The van der Waals surface area contributed by atoms with Gasteiger partial charge in [-0.15, -0.1) is 11.3 Å². The van der Waals surface area contributed by atoms with Gasteiger partial charge in [0.25, 0.3) is 0 Å². The average molecular weight is 239 g/mol. The summed E-state index contributed by atoms with van der Waals surface area (Å²) >= 11 is 1.81. The summed E-state index contributed by atoms with van der Waals surface area (Å²) in [5.74, 6) is 0. The van der Waals surface area contributed by atoms with Crippen LogP contribution in [0.25, 0.3) is 0 Å². The topological polar surface area (TPSA) is 28.2 Å². The Morgan fingerprint density at radius 3 is 3.25 bits per heavy atom. The first-order valence-corrected chi connectivity index (χ1v) is 7.13. The Kier molecular flexibility index (Phi) is 4.75. The minimum Gasteiger partial charge on any atom is -0.315 e. The Bertz CT molecular complexity index is 303. The van der Waals surface area contributed by atoms with E-state index in [9.17, 15) is 0 Å². The van der Waals surface area contributed by atoms with Crippen LogP contribution in [0.15, 0.2) is 5.38 Å². The maximum absolute atomic E-state index is 4.68. The van der Waals surface area contributed by atoms with Crippen LogP contribution in [0.5, 0.6) is 0 Å². The van der Waals surface area contributed by atoms with E-state index >= 15 is 0 Å². The molecule has 3 nitrogen and oxygen atoms in total. The predicted octanol–water partition coefficient (Wildman–Crippen LogP) is 1.89. The predicted molar refractivity (Wildman–Crippen MR) is 68.9 cm³/mol. The molecular weight excluding hydrogens is 218 g/mol. The molecule has 1 saturated heterocycles. The maximum Gasteiger partial charge on any atom is 0.0928 e. The fraction of sp³-hybridized carbons (Fsp3) is 0.750. The zero-order valence-electron chi connectivity index (χ0n) is 10.0. The van der Waals surface area contributed by atoms with Gasteiger partial charge in [-0.1, -0.05) is 6.92 Å². The molecular formula is C12H21N3S. The molecule has 0 aromatic carbocycles. The number of thiazole rings is 1. The van der Waals surface area contributed by atoms with Gasteiger partial charge in [-0.25, -0.2) is 4.98 Å². The lowest BCUT2D eigenvalue weighted by Crippen LogP contribution is -2.27. The van der Waals surface area contributed by atoms with Gasteiger partial charge in [0.15, 0.2) is 0 Å². The van der Waals surface area contributed by atoms with E-state index in [1.807, 2.05) is 11.3 Å². The molecule has 1 aromatic heterocycles. The molecule has 90 valence electrons. The molecule has 0 bridgehead atoms. The molecule has 1 aliphatic rings. The van der Waals surface area contributed by atoms with E-state index in [2.05, 4.69) is 27.5 Å². The molecule has 0 atom stereocenters. The van der Waals surface area contributed by atoms with Gasteiger partial charge in [0.2, 0.25) is 0 Å². The fourth-order valence-electron chi connectivity index (χ4n) is 2.04. The lowest BCUT2D eigenvalue weighted by molar-refractivity contribution is 0.281. The van der Waals surface area contributed by atoms with Gasteiger partial charge in [0, 0.05) is 25.0 Å². The van der Waals surface area contributed by atoms with Crippen LogP contribution < -0.4 is 5.32 Å². The smallest absolute Gasteiger partial charge is 0.0928 e. The normalized spacial score (nSPS) is 18.6. The zero-order chi connectivity index (χ0) is 11.2. The van der Waals surface area contributed by atoms with Crippen LogP contribution in [-0.2, 0) is 13.0 Å². The van der Waals surface area contributed by atoms with E-state index in [0.717, 1.165) is 32.6 Å². The van der Waals surface area contributed by atoms with E-state index in [4.69, 9.17) is 0 Å². The Morgan fingerprint density at radius 1 is 1.44 bits per heavy atom. The Morgan fingerprint density at radius 2 is 2.38 bits per heavy atom. The zero-order valence-corrected chi connectivity index (χ0v) is 10.9. The van der Waals surface area contributed by atoms with Crippen LogP contribution in [0.1, 0.15) is 30.5 Å². The highest BCUT2D eigenvalue weighted by molar-refractivity contribution is 7.09. The number of hydrogen-bond donors (Lipinski definition) is 1. The summed E-state index contributed by atoms with van der Waals surface area (Å²) in [5.41, 5.74) is 1.26. The molecule has 2 rings (SSSR count). The second-order valence-electron chi connectivity index (χ2n) is 4.36. The van der Waals surface area contributed by atoms with Crippen molar-refractivity contribution in [1.82, 2.24) is 15.2 Å². The first-order valence-electron chi connectivity index (χ1n) is 6.25. The van der Waals surface area contributed by atoms with E-state index in [1.54, 1.807) is 0 Å². The third-order valence-electron chi connectivity index (χ3n) is 2.88. The van der Waals surface area contributed by atoms with Gasteiger partial charge in [-0.2, -0.15) is 0 Å². The molecule has 0 amide bonds. The summed E-state index contributed by atoms with van der Waals surface area (Å²) in [6, 6.07) is 0. The van der Waals surface area contributed by atoms with Crippen LogP contribution in [0.2, 0.25) is 0 Å². The molecule has 4 heteroatoms. The van der Waals surface area contributed by atoms with Crippen LogP contribution >= 0.6 is 11.3 Å². The van der Waals surface area contributed by atoms with Gasteiger partial charge >= 0.3 is 0 Å². The van der Waals surface area contributed by atoms with Crippen molar-refractivity contribution >= 4 is 11.3 Å². The second kappa shape index (κ2) is 6.33. The molecule has 0 radical (unpaired) electrons. The lowest BCUT2D eigenvalue weighted by Gasteiger charge is -2.17. The number of aryl methyl sites for hydroxylation is 1. The monoisotopic (exact) mass is 239 g/mol. The van der Waals surface area contributed by atoms with Gasteiger partial charge in [0.1, 0.15) is 0 Å². The Labute approximate surface area is 102 Å². The Balaban J connectivity index is 1.86. The third kappa shape index (κ3) is 3.54. The molecule has 0 unspecified atom stereocenters. The molecule has 0 saturated carbocycles. The maximum atomic E-state index is 4.68. The van der Waals surface area contributed by atoms with Crippen molar-refractivity contribution in [3.8, 4) is 0 Å². The molecule has 1 aromatic rings. The molecule has 0 spiro atoms. The molecule has 2 heterocycles. The first kappa shape index (κ1) is 12.0. The molecule has 1 N–H and O–H groups in total. The number of hydrogen-bond acceptors (Lipinski definition) is 4. The number of rotatable bonds is 4. The minimum absolute atomic E-state index is 1.03. The van der Waals surface area contributed by atoms with Crippen molar-refractivity contribution in [2.45, 2.75) is 32.7 Å². The van der Waals surface area contributed by atoms with Gasteiger partial charge in [-0.05, 0) is 32.4 Å². The van der Waals surface area contributed by atoms with Crippen molar-refractivity contribution in [2.24, 2.45) is 0 Å². The van der Waals surface area contributed by atoms with Crippen molar-refractivity contribution in [2.75, 3.05) is 26.2 Å². The summed E-state index contributed by atoms with van der Waals surface area (Å²) < 4.78 is 0. The summed E-state index contributed by atoms with van der Waals surface area (Å²) in [6.07, 6.45) is 3.58. The van der Waals surface area contributed by atoms with E-state index in [-0.39, 0.29) is 0 Å². The van der Waals surface area contributed by atoms with Crippen LogP contribution in [0, 0.1) is 0 Å². The van der Waals surface area contributed by atoms with E-state index in [0.29, 0.717) is 0 Å². The molecule has 16 heavy (non-hydrogen) atoms. The van der Waals surface area contributed by atoms with Crippen molar-refractivity contribution in [3.05, 3.63) is 16.1 Å². The van der Waals surface area contributed by atoms with Crippen LogP contribution in [0.4, 0.5) is 0 Å². The first-order chi connectivity index (χ1) is 7.88. The average Bonchev–Trinajstić information content (AvgIpc) is 2.56. The SMILES string of the molecule is CCCc1nc(CN2CCCNCC2)cs1. The van der Waals surface area contributed by atoms with E-state index < -0.39 is 0 Å². The highest BCUT2D eigenvalue weighted by Crippen LogP contribution is 2.13. The van der Waals surface area contributed by atoms with Crippen molar-refractivity contribution in [1.29, 1.82) is 0 Å². The summed E-state index contributed by atoms with van der Waals surface area (Å²) in [7, 11) is 0. The van der Waals surface area contributed by atoms with Gasteiger partial charge in [-0.3, -0.25) is 4.90 Å². The quantitative estimate of drug-likeness (QED) is 0.869. The third-order valence-corrected chi connectivity index (χ3v) is 3.84. The summed E-state index contributed by atoms with van der Waals surface area (Å²) in [6.45, 7) is 7.87. The lowest BCUT2D eigenvalue weighted by atomic mass is 10.3. The summed E-state index contributed by atoms with van der Waals surface area (Å²) in [5, 5.41) is 6.95. The standard InChI is InChI=1S/C12H21N3S/c1-2-4-12-14-11(10-16-12)9-15-7-3-5-13-6-8-15/h10,13H,2-9H2,1H3. The molecule has 0 aliphatic carbocycles. The highest BCUT2D eigenvalue weighted by Gasteiger charge is 2.10. The number of nitrogens with zero attached hydrogens (tertiary/aromatic N) is 2. The van der Waals surface area contributed by atoms with Crippen molar-refractivity contribution < 1.29 is 0 Å². The summed E-state index contributed by atoms with van der Waals surface area (Å²) in [4.78, 5) is 7.19. The molecule has 1 aliphatic heterocycles. The highest BCUT2D eigenvalue weighted by atomic mass is 32.1. The number of aromatic nitrogens is 1. The van der Waals surface area contributed by atoms with Crippen molar-refractivity contribution in [3.63, 3.8) is 0 Å². The van der Waals surface area contributed by atoms with Gasteiger partial charge < -0.3 is 5.32 Å². The van der Waals surface area contributed by atoms with Gasteiger partial charge in [0.05, 0.1) is 10.7 Å². The van der Waals surface area contributed by atoms with Crippen LogP contribution in [-0.4, -0.2) is 36.1 Å². The second-order valence-corrected chi connectivity index (χ2v) is 5.30. The molecule has 1 fully saturated rings. The number of nitrogens with one attached hydrogen (secondary N) is 1. The Hall–Kier alpha value is -0.450. The van der Waals surface area contributed by atoms with E-state index in [1.165, 1.54) is 30.1 Å².